The molecule has 0 aliphatic heterocycles. The molecule has 5 atom stereocenters. The minimum atomic E-state index is 0.441. The summed E-state index contributed by atoms with van der Waals surface area (Å²) in [6, 6.07) is 0. The fourth-order valence-electron chi connectivity index (χ4n) is 3.30. The van der Waals surface area contributed by atoms with Gasteiger partial charge in [-0.25, -0.2) is 0 Å². The third kappa shape index (κ3) is 2.93. The minimum absolute atomic E-state index is 0.441. The zero-order valence-electron chi connectivity index (χ0n) is 10.9. The van der Waals surface area contributed by atoms with Crippen LogP contribution >= 0.6 is 11.8 Å². The molecule has 0 N–H and O–H groups in total. The summed E-state index contributed by atoms with van der Waals surface area (Å²) < 4.78 is 0.441. The Labute approximate surface area is 99.6 Å². The monoisotopic (exact) mass is 226 g/mol. The molecule has 0 bridgehead atoms. The van der Waals surface area contributed by atoms with E-state index in [0.717, 1.165) is 28.9 Å². The number of hydrogen-bond acceptors (Lipinski definition) is 1. The molecule has 88 valence electrons. The van der Waals surface area contributed by atoms with E-state index in [-0.39, 0.29) is 0 Å². The van der Waals surface area contributed by atoms with E-state index in [1.54, 1.807) is 0 Å². The molecule has 2 saturated carbocycles. The quantitative estimate of drug-likeness (QED) is 0.630. The van der Waals surface area contributed by atoms with Crippen LogP contribution in [0.15, 0.2) is 0 Å². The van der Waals surface area contributed by atoms with E-state index in [2.05, 4.69) is 46.4 Å². The fraction of sp³-hybridized carbons (Fsp3) is 1.00. The fourth-order valence-corrected chi connectivity index (χ4v) is 4.90. The summed E-state index contributed by atoms with van der Waals surface area (Å²) >= 11 is 2.23. The van der Waals surface area contributed by atoms with Crippen molar-refractivity contribution < 1.29 is 0 Å². The van der Waals surface area contributed by atoms with Gasteiger partial charge in [0.25, 0.3) is 0 Å². The van der Waals surface area contributed by atoms with Gasteiger partial charge in [0.05, 0.1) is 0 Å². The first kappa shape index (κ1) is 11.8. The maximum absolute atomic E-state index is 2.48. The Hall–Kier alpha value is 0.350. The Morgan fingerprint density at radius 3 is 2.20 bits per heavy atom. The van der Waals surface area contributed by atoms with E-state index in [1.807, 2.05) is 0 Å². The molecule has 0 aromatic rings. The molecule has 1 heteroatoms. The Morgan fingerprint density at radius 1 is 0.933 bits per heavy atom. The topological polar surface area (TPSA) is 0 Å². The van der Waals surface area contributed by atoms with Gasteiger partial charge in [0, 0.05) is 10.00 Å². The lowest BCUT2D eigenvalue weighted by Crippen LogP contribution is -2.22. The summed E-state index contributed by atoms with van der Waals surface area (Å²) in [4.78, 5) is 0. The SMILES string of the molecule is CC1CC(C)C2CC2CC1SC(C)(C)C. The largest absolute Gasteiger partial charge is 0.152 e. The summed E-state index contributed by atoms with van der Waals surface area (Å²) in [7, 11) is 0. The molecule has 2 fully saturated rings. The van der Waals surface area contributed by atoms with Crippen LogP contribution in [0.3, 0.4) is 0 Å². The minimum Gasteiger partial charge on any atom is -0.152 e. The molecule has 0 saturated heterocycles. The standard InChI is InChI=1S/C14H26S/c1-9-6-10(2)13(15-14(3,4)5)8-11-7-12(9)11/h9-13H,6-8H2,1-5H3. The van der Waals surface area contributed by atoms with Crippen LogP contribution < -0.4 is 0 Å². The summed E-state index contributed by atoms with van der Waals surface area (Å²) in [6.07, 6.45) is 4.50. The van der Waals surface area contributed by atoms with Crippen molar-refractivity contribution in [3.8, 4) is 0 Å². The van der Waals surface area contributed by atoms with Gasteiger partial charge in [-0.1, -0.05) is 34.6 Å². The normalized spacial score (nSPS) is 45.8. The zero-order valence-corrected chi connectivity index (χ0v) is 11.7. The Kier molecular flexibility index (Phi) is 3.14. The van der Waals surface area contributed by atoms with Crippen molar-refractivity contribution in [3.05, 3.63) is 0 Å². The van der Waals surface area contributed by atoms with Crippen LogP contribution in [0.5, 0.6) is 0 Å². The molecule has 0 amide bonds. The Bertz CT molecular complexity index is 228. The maximum atomic E-state index is 2.48. The highest BCUT2D eigenvalue weighted by Crippen LogP contribution is 2.55. The molecule has 0 radical (unpaired) electrons. The molecular weight excluding hydrogens is 200 g/mol. The molecule has 0 spiro atoms. The average Bonchev–Trinajstić information content (AvgIpc) is 2.79. The second-order valence-electron chi connectivity index (χ2n) is 6.85. The van der Waals surface area contributed by atoms with Crippen molar-refractivity contribution >= 4 is 11.8 Å². The first-order valence-electron chi connectivity index (χ1n) is 6.54. The van der Waals surface area contributed by atoms with Crippen LogP contribution in [0.2, 0.25) is 0 Å². The van der Waals surface area contributed by atoms with Gasteiger partial charge in [-0.2, -0.15) is 11.8 Å². The third-order valence-corrected chi connectivity index (χ3v) is 5.79. The van der Waals surface area contributed by atoms with E-state index in [1.165, 1.54) is 19.3 Å². The van der Waals surface area contributed by atoms with E-state index < -0.39 is 0 Å². The van der Waals surface area contributed by atoms with Gasteiger partial charge in [-0.15, -0.1) is 0 Å². The van der Waals surface area contributed by atoms with Crippen LogP contribution in [0, 0.1) is 23.7 Å². The predicted octanol–water partition coefficient (Wildman–Crippen LogP) is 4.59. The van der Waals surface area contributed by atoms with Crippen molar-refractivity contribution in [2.75, 3.05) is 0 Å². The predicted molar refractivity (Wildman–Crippen MR) is 70.3 cm³/mol. The second kappa shape index (κ2) is 3.98. The number of rotatable bonds is 1. The molecule has 5 unspecified atom stereocenters. The molecule has 2 aliphatic rings. The molecule has 2 aliphatic carbocycles. The Balaban J connectivity index is 1.98. The van der Waals surface area contributed by atoms with Crippen molar-refractivity contribution in [1.82, 2.24) is 0 Å². The van der Waals surface area contributed by atoms with Crippen molar-refractivity contribution in [1.29, 1.82) is 0 Å². The second-order valence-corrected chi connectivity index (χ2v) is 8.92. The molecule has 0 heterocycles. The molecular formula is C14H26S. The Morgan fingerprint density at radius 2 is 1.60 bits per heavy atom. The number of fused-ring (bicyclic) bond motifs is 1. The molecule has 2 rings (SSSR count). The molecule has 0 aromatic carbocycles. The first-order valence-corrected chi connectivity index (χ1v) is 7.42. The number of thioether (sulfide) groups is 1. The van der Waals surface area contributed by atoms with Crippen molar-refractivity contribution in [2.24, 2.45) is 23.7 Å². The smallest absolute Gasteiger partial charge is 0.00808 e. The van der Waals surface area contributed by atoms with E-state index in [0.29, 0.717) is 4.75 Å². The zero-order chi connectivity index (χ0) is 11.2. The lowest BCUT2D eigenvalue weighted by atomic mass is 9.93. The molecule has 15 heavy (non-hydrogen) atoms. The lowest BCUT2D eigenvalue weighted by Gasteiger charge is -2.30. The molecule has 0 nitrogen and oxygen atoms in total. The van der Waals surface area contributed by atoms with Gasteiger partial charge >= 0.3 is 0 Å². The van der Waals surface area contributed by atoms with E-state index >= 15 is 0 Å². The highest BCUT2D eigenvalue weighted by molar-refractivity contribution is 8.01. The van der Waals surface area contributed by atoms with E-state index in [4.69, 9.17) is 0 Å². The summed E-state index contributed by atoms with van der Waals surface area (Å²) in [5, 5.41) is 0.921. The summed E-state index contributed by atoms with van der Waals surface area (Å²) in [5.41, 5.74) is 0. The highest BCUT2D eigenvalue weighted by Gasteiger charge is 2.46. The van der Waals surface area contributed by atoms with E-state index in [9.17, 15) is 0 Å². The third-order valence-electron chi connectivity index (χ3n) is 4.13. The summed E-state index contributed by atoms with van der Waals surface area (Å²) in [5.74, 6) is 4.11. The van der Waals surface area contributed by atoms with Gasteiger partial charge in [-0.3, -0.25) is 0 Å². The maximum Gasteiger partial charge on any atom is 0.00808 e. The highest BCUT2D eigenvalue weighted by atomic mass is 32.2. The molecule has 0 aromatic heterocycles. The van der Waals surface area contributed by atoms with Crippen molar-refractivity contribution in [3.63, 3.8) is 0 Å². The summed E-state index contributed by atoms with van der Waals surface area (Å²) in [6.45, 7) is 12.0. The van der Waals surface area contributed by atoms with Crippen LogP contribution in [0.25, 0.3) is 0 Å². The van der Waals surface area contributed by atoms with Crippen molar-refractivity contribution in [2.45, 2.75) is 63.9 Å². The first-order chi connectivity index (χ1) is 6.87. The van der Waals surface area contributed by atoms with Gasteiger partial charge in [0.1, 0.15) is 0 Å². The van der Waals surface area contributed by atoms with Crippen LogP contribution in [-0.2, 0) is 0 Å². The van der Waals surface area contributed by atoms with Gasteiger partial charge in [-0.05, 0) is 42.9 Å². The van der Waals surface area contributed by atoms with Gasteiger partial charge < -0.3 is 0 Å². The van der Waals surface area contributed by atoms with Gasteiger partial charge in [0.15, 0.2) is 0 Å². The van der Waals surface area contributed by atoms with Crippen LogP contribution in [-0.4, -0.2) is 10.00 Å². The van der Waals surface area contributed by atoms with Gasteiger partial charge in [0.2, 0.25) is 0 Å². The number of hydrogen-bond donors (Lipinski definition) is 0. The lowest BCUT2D eigenvalue weighted by molar-refractivity contribution is 0.394. The van der Waals surface area contributed by atoms with Crippen LogP contribution in [0.4, 0.5) is 0 Å². The van der Waals surface area contributed by atoms with Crippen LogP contribution in [0.1, 0.15) is 53.9 Å². The average molecular weight is 226 g/mol.